The summed E-state index contributed by atoms with van der Waals surface area (Å²) in [6.07, 6.45) is 44.4. The largest absolute Gasteiger partial charge is 0.472 e. The highest BCUT2D eigenvalue weighted by molar-refractivity contribution is 7.47. The quantitative estimate of drug-likeness (QED) is 0.0222. The summed E-state index contributed by atoms with van der Waals surface area (Å²) in [6.45, 7) is 11.8. The zero-order valence-electron chi connectivity index (χ0n) is 57.9. The first kappa shape index (κ1) is 87.1. The van der Waals surface area contributed by atoms with Gasteiger partial charge in [-0.3, -0.25) is 37.3 Å². The van der Waals surface area contributed by atoms with Crippen LogP contribution >= 0.6 is 15.6 Å². The number of carbonyl (C=O) groups is 4. The maximum atomic E-state index is 13.0. The van der Waals surface area contributed by atoms with E-state index in [1.807, 2.05) is 0 Å². The summed E-state index contributed by atoms with van der Waals surface area (Å²) in [5.74, 6) is 0.106. The number of unbranched alkanes of at least 4 members (excludes halogenated alkanes) is 35. The predicted molar refractivity (Wildman–Crippen MR) is 358 cm³/mol. The van der Waals surface area contributed by atoms with Crippen LogP contribution in [-0.2, 0) is 65.4 Å². The first-order chi connectivity index (χ1) is 42.8. The Bertz CT molecular complexity index is 1750. The van der Waals surface area contributed by atoms with Crippen molar-refractivity contribution in [1.82, 2.24) is 0 Å². The Labute approximate surface area is 543 Å². The minimum Gasteiger partial charge on any atom is -0.462 e. The van der Waals surface area contributed by atoms with E-state index < -0.39 is 97.5 Å². The van der Waals surface area contributed by atoms with Crippen LogP contribution in [0.4, 0.5) is 0 Å². The van der Waals surface area contributed by atoms with Crippen LogP contribution in [0, 0.1) is 17.8 Å². The summed E-state index contributed by atoms with van der Waals surface area (Å²) in [5, 5.41) is 10.6. The van der Waals surface area contributed by atoms with Gasteiger partial charge in [-0.15, -0.1) is 0 Å². The van der Waals surface area contributed by atoms with Crippen LogP contribution < -0.4 is 0 Å². The topological polar surface area (TPSA) is 237 Å². The minimum atomic E-state index is -4.95. The normalized spacial score (nSPS) is 14.5. The van der Waals surface area contributed by atoms with E-state index in [1.165, 1.54) is 154 Å². The molecule has 0 amide bonds. The van der Waals surface area contributed by atoms with Crippen molar-refractivity contribution in [1.29, 1.82) is 0 Å². The number of rotatable bonds is 68. The number of ether oxygens (including phenoxy) is 4. The number of hydrogen-bond acceptors (Lipinski definition) is 15. The molecule has 0 aromatic carbocycles. The molecule has 0 aromatic heterocycles. The Morgan fingerprint density at radius 1 is 0.326 bits per heavy atom. The standard InChI is InChI=1S/C70H136O17P2/c1-8-10-11-12-13-14-15-16-17-18-23-31-39-46-53-69(74)86-65(57-80-67(72)51-44-37-30-22-20-19-21-27-34-41-48-61(3)4)59-84-88(76,77)82-55-64(71)56-83-89(78,79)85-60-66(58-81-68(73)52-45-38-33-26-28-35-42-49-62(5)6)87-70(75)54-47-40-32-25-24-29-36-43-50-63(7)9-2/h61-66,71H,8-60H2,1-7H3,(H,76,77)(H,78,79)/t63?,64-,65-,66-/m1/s1. The van der Waals surface area contributed by atoms with Crippen molar-refractivity contribution in [3.05, 3.63) is 0 Å². The van der Waals surface area contributed by atoms with Crippen molar-refractivity contribution in [2.24, 2.45) is 17.8 Å². The van der Waals surface area contributed by atoms with Gasteiger partial charge < -0.3 is 33.8 Å². The molecule has 0 saturated carbocycles. The first-order valence-electron chi connectivity index (χ1n) is 36.4. The molecule has 17 nitrogen and oxygen atoms in total. The van der Waals surface area contributed by atoms with Gasteiger partial charge >= 0.3 is 39.5 Å². The summed E-state index contributed by atoms with van der Waals surface area (Å²) in [6, 6.07) is 0. The lowest BCUT2D eigenvalue weighted by molar-refractivity contribution is -0.161. The summed E-state index contributed by atoms with van der Waals surface area (Å²) < 4.78 is 68.3. The molecular formula is C70H136O17P2. The third-order valence-electron chi connectivity index (χ3n) is 16.5. The van der Waals surface area contributed by atoms with E-state index in [0.717, 1.165) is 108 Å². The van der Waals surface area contributed by atoms with Crippen molar-refractivity contribution in [3.8, 4) is 0 Å². The number of phosphoric acid groups is 2. The number of hydrogen-bond donors (Lipinski definition) is 3. The molecule has 0 aliphatic heterocycles. The molecule has 0 radical (unpaired) electrons. The third-order valence-corrected chi connectivity index (χ3v) is 18.4. The van der Waals surface area contributed by atoms with Crippen molar-refractivity contribution < 1.29 is 80.2 Å². The molecule has 0 spiro atoms. The maximum Gasteiger partial charge on any atom is 0.472 e. The second-order valence-corrected chi connectivity index (χ2v) is 29.4. The molecule has 0 aliphatic carbocycles. The molecule has 3 unspecified atom stereocenters. The second kappa shape index (κ2) is 61.0. The van der Waals surface area contributed by atoms with Gasteiger partial charge in [-0.05, 0) is 43.4 Å². The van der Waals surface area contributed by atoms with Crippen LogP contribution in [0.5, 0.6) is 0 Å². The molecule has 19 heteroatoms. The fourth-order valence-electron chi connectivity index (χ4n) is 10.5. The van der Waals surface area contributed by atoms with Crippen LogP contribution in [0.25, 0.3) is 0 Å². The molecule has 0 saturated heterocycles. The summed E-state index contributed by atoms with van der Waals surface area (Å²) in [4.78, 5) is 72.5. The lowest BCUT2D eigenvalue weighted by Crippen LogP contribution is -2.30. The average molecular weight is 1310 g/mol. The maximum absolute atomic E-state index is 13.0. The molecule has 89 heavy (non-hydrogen) atoms. The molecule has 6 atom stereocenters. The fraction of sp³-hybridized carbons (Fsp3) is 0.943. The molecule has 0 heterocycles. The van der Waals surface area contributed by atoms with Crippen LogP contribution in [0.3, 0.4) is 0 Å². The van der Waals surface area contributed by atoms with Crippen LogP contribution in [-0.4, -0.2) is 96.7 Å². The highest BCUT2D eigenvalue weighted by Gasteiger charge is 2.30. The van der Waals surface area contributed by atoms with Gasteiger partial charge in [-0.1, -0.05) is 299 Å². The lowest BCUT2D eigenvalue weighted by atomic mass is 9.99. The van der Waals surface area contributed by atoms with Gasteiger partial charge in [0.15, 0.2) is 12.2 Å². The van der Waals surface area contributed by atoms with Gasteiger partial charge in [0.05, 0.1) is 26.4 Å². The molecular weight excluding hydrogens is 1170 g/mol. The Kier molecular flexibility index (Phi) is 59.6. The molecule has 3 N–H and O–H groups in total. The minimum absolute atomic E-state index is 0.104. The van der Waals surface area contributed by atoms with Crippen molar-refractivity contribution in [3.63, 3.8) is 0 Å². The lowest BCUT2D eigenvalue weighted by Gasteiger charge is -2.21. The van der Waals surface area contributed by atoms with E-state index in [0.29, 0.717) is 31.6 Å². The smallest absolute Gasteiger partial charge is 0.462 e. The Balaban J connectivity index is 5.26. The van der Waals surface area contributed by atoms with Gasteiger partial charge in [0.1, 0.15) is 19.3 Å². The van der Waals surface area contributed by atoms with E-state index in [2.05, 4.69) is 48.5 Å². The fourth-order valence-corrected chi connectivity index (χ4v) is 12.1. The first-order valence-corrected chi connectivity index (χ1v) is 39.4. The highest BCUT2D eigenvalue weighted by atomic mass is 31.2. The van der Waals surface area contributed by atoms with Gasteiger partial charge in [0.2, 0.25) is 0 Å². The van der Waals surface area contributed by atoms with Gasteiger partial charge in [-0.2, -0.15) is 0 Å². The van der Waals surface area contributed by atoms with E-state index in [1.54, 1.807) is 0 Å². The molecule has 0 rings (SSSR count). The van der Waals surface area contributed by atoms with E-state index >= 15 is 0 Å². The van der Waals surface area contributed by atoms with Crippen molar-refractivity contribution in [2.75, 3.05) is 39.6 Å². The number of carbonyl (C=O) groups excluding carboxylic acids is 4. The predicted octanol–water partition coefficient (Wildman–Crippen LogP) is 19.8. The monoisotopic (exact) mass is 1310 g/mol. The Hall–Kier alpha value is -1.94. The van der Waals surface area contributed by atoms with Crippen LogP contribution in [0.2, 0.25) is 0 Å². The van der Waals surface area contributed by atoms with Crippen LogP contribution in [0.15, 0.2) is 0 Å². The summed E-state index contributed by atoms with van der Waals surface area (Å²) in [7, 11) is -9.90. The molecule has 0 bridgehead atoms. The van der Waals surface area contributed by atoms with Crippen molar-refractivity contribution >= 4 is 39.5 Å². The number of phosphoric ester groups is 2. The van der Waals surface area contributed by atoms with Crippen molar-refractivity contribution in [2.45, 2.75) is 369 Å². The summed E-state index contributed by atoms with van der Waals surface area (Å²) in [5.41, 5.74) is 0. The zero-order valence-corrected chi connectivity index (χ0v) is 59.7. The molecule has 0 fully saturated rings. The van der Waals surface area contributed by atoms with Crippen LogP contribution in [0.1, 0.15) is 350 Å². The highest BCUT2D eigenvalue weighted by Crippen LogP contribution is 2.45. The van der Waals surface area contributed by atoms with Gasteiger partial charge in [0, 0.05) is 25.7 Å². The van der Waals surface area contributed by atoms with E-state index in [4.69, 9.17) is 37.0 Å². The summed E-state index contributed by atoms with van der Waals surface area (Å²) >= 11 is 0. The van der Waals surface area contributed by atoms with E-state index in [9.17, 15) is 43.2 Å². The number of aliphatic hydroxyl groups excluding tert-OH is 1. The molecule has 0 aliphatic rings. The molecule has 528 valence electrons. The van der Waals surface area contributed by atoms with Gasteiger partial charge in [0.25, 0.3) is 0 Å². The second-order valence-electron chi connectivity index (χ2n) is 26.5. The average Bonchev–Trinajstić information content (AvgIpc) is 3.70. The molecule has 0 aromatic rings. The Morgan fingerprint density at radius 2 is 0.573 bits per heavy atom. The third kappa shape index (κ3) is 63.2. The number of aliphatic hydroxyl groups is 1. The SMILES string of the molecule is CCCCCCCCCCCCCCCCC(=O)O[C@H](COC(=O)CCCCCCCCCCCCC(C)C)COP(=O)(O)OC[C@@H](O)COP(=O)(O)OC[C@@H](COC(=O)CCCCCCCCCC(C)C)OC(=O)CCCCCCCCCCC(C)CC. The van der Waals surface area contributed by atoms with E-state index in [-0.39, 0.29) is 25.7 Å². The Morgan fingerprint density at radius 3 is 0.854 bits per heavy atom. The number of esters is 4. The van der Waals surface area contributed by atoms with Gasteiger partial charge in [-0.25, -0.2) is 9.13 Å². The zero-order chi connectivity index (χ0) is 65.9.